The number of amides is 2. The maximum atomic E-state index is 11.4. The fraction of sp³-hybridized carbons (Fsp3) is 0.400. The van der Waals surface area contributed by atoms with Crippen LogP contribution in [0.4, 0.5) is 4.79 Å². The van der Waals surface area contributed by atoms with Gasteiger partial charge in [0.1, 0.15) is 6.04 Å². The third-order valence-corrected chi connectivity index (χ3v) is 2.16. The molecule has 0 aromatic carbocycles. The molecule has 0 bridgehead atoms. The molecule has 1 aromatic heterocycles. The third-order valence-electron chi connectivity index (χ3n) is 2.16. The molecule has 2 amide bonds. The van der Waals surface area contributed by atoms with Crippen LogP contribution in [0.2, 0.25) is 0 Å². The van der Waals surface area contributed by atoms with Gasteiger partial charge in [0.05, 0.1) is 12.7 Å². The molecule has 0 aliphatic heterocycles. The predicted octanol–water partition coefficient (Wildman–Crippen LogP) is -0.208. The van der Waals surface area contributed by atoms with E-state index >= 15 is 0 Å². The van der Waals surface area contributed by atoms with Gasteiger partial charge in [0.25, 0.3) is 0 Å². The number of aromatic nitrogens is 1. The normalized spacial score (nSPS) is 11.6. The van der Waals surface area contributed by atoms with Crippen molar-refractivity contribution in [2.24, 2.45) is 0 Å². The molecular weight excluding hydrogens is 258 g/mol. The highest BCUT2D eigenvalue weighted by molar-refractivity contribution is 5.82. The number of carbonyl (C=O) groups excluding carboxylic acids is 1. The van der Waals surface area contributed by atoms with Crippen LogP contribution in [0.3, 0.4) is 0 Å². The minimum Gasteiger partial charge on any atom is -0.481 e. The van der Waals surface area contributed by atoms with E-state index < -0.39 is 24.0 Å². The van der Waals surface area contributed by atoms with Crippen LogP contribution in [0.5, 0.6) is 0 Å². The SMILES string of the molecule is O=C(O)CCC(NC(=O)NCc1ccno1)C(=O)O. The summed E-state index contributed by atoms with van der Waals surface area (Å²) in [7, 11) is 0. The summed E-state index contributed by atoms with van der Waals surface area (Å²) in [5.74, 6) is -2.02. The van der Waals surface area contributed by atoms with Crippen molar-refractivity contribution in [1.82, 2.24) is 15.8 Å². The number of nitrogens with one attached hydrogen (secondary N) is 2. The quantitative estimate of drug-likeness (QED) is 0.537. The van der Waals surface area contributed by atoms with Crippen molar-refractivity contribution in [3.05, 3.63) is 18.0 Å². The van der Waals surface area contributed by atoms with E-state index in [1.807, 2.05) is 0 Å². The second-order valence-corrected chi connectivity index (χ2v) is 3.63. The summed E-state index contributed by atoms with van der Waals surface area (Å²) in [5.41, 5.74) is 0. The molecule has 4 N–H and O–H groups in total. The molecule has 0 aliphatic rings. The highest BCUT2D eigenvalue weighted by Gasteiger charge is 2.20. The van der Waals surface area contributed by atoms with Gasteiger partial charge < -0.3 is 25.4 Å². The van der Waals surface area contributed by atoms with Crippen LogP contribution >= 0.6 is 0 Å². The summed E-state index contributed by atoms with van der Waals surface area (Å²) in [5, 5.41) is 25.2. The van der Waals surface area contributed by atoms with Gasteiger partial charge in [-0.1, -0.05) is 5.16 Å². The van der Waals surface area contributed by atoms with E-state index in [0.717, 1.165) is 0 Å². The highest BCUT2D eigenvalue weighted by Crippen LogP contribution is 1.99. The number of urea groups is 1. The van der Waals surface area contributed by atoms with Gasteiger partial charge in [-0.15, -0.1) is 0 Å². The molecular formula is C10H13N3O6. The minimum absolute atomic E-state index is 0.0527. The Hall–Kier alpha value is -2.58. The Morgan fingerprint density at radius 2 is 2.11 bits per heavy atom. The zero-order valence-electron chi connectivity index (χ0n) is 9.83. The van der Waals surface area contributed by atoms with Gasteiger partial charge in [-0.3, -0.25) is 4.79 Å². The molecule has 9 heteroatoms. The maximum absolute atomic E-state index is 11.4. The monoisotopic (exact) mass is 271 g/mol. The second-order valence-electron chi connectivity index (χ2n) is 3.63. The average Bonchev–Trinajstić information content (AvgIpc) is 2.84. The Labute approximate surface area is 107 Å². The molecule has 1 heterocycles. The Balaban J connectivity index is 2.38. The number of carboxylic acids is 2. The molecule has 0 saturated carbocycles. The van der Waals surface area contributed by atoms with Gasteiger partial charge in [0.15, 0.2) is 5.76 Å². The molecule has 0 radical (unpaired) electrons. The molecule has 1 rings (SSSR count). The largest absolute Gasteiger partial charge is 0.481 e. The number of carboxylic acid groups (broad SMARTS) is 2. The predicted molar refractivity (Wildman–Crippen MR) is 60.2 cm³/mol. The molecule has 104 valence electrons. The van der Waals surface area contributed by atoms with E-state index in [4.69, 9.17) is 14.7 Å². The fourth-order valence-corrected chi connectivity index (χ4v) is 1.24. The molecule has 0 aliphatic carbocycles. The fourth-order valence-electron chi connectivity index (χ4n) is 1.24. The minimum atomic E-state index is -1.30. The van der Waals surface area contributed by atoms with Gasteiger partial charge in [-0.25, -0.2) is 9.59 Å². The summed E-state index contributed by atoms with van der Waals surface area (Å²) in [6, 6.07) is -0.445. The molecule has 1 unspecified atom stereocenters. The molecule has 1 atom stereocenters. The summed E-state index contributed by atoms with van der Waals surface area (Å²) >= 11 is 0. The Morgan fingerprint density at radius 1 is 1.37 bits per heavy atom. The standard InChI is InChI=1S/C10H13N3O6/c14-8(15)2-1-7(9(16)17)13-10(18)11-5-6-3-4-12-19-6/h3-4,7H,1-2,5H2,(H,14,15)(H,16,17)(H2,11,13,18). The highest BCUT2D eigenvalue weighted by atomic mass is 16.5. The smallest absolute Gasteiger partial charge is 0.326 e. The van der Waals surface area contributed by atoms with Crippen LogP contribution in [0.1, 0.15) is 18.6 Å². The number of hydrogen-bond acceptors (Lipinski definition) is 5. The first-order chi connectivity index (χ1) is 8.99. The van der Waals surface area contributed by atoms with Crippen molar-refractivity contribution < 1.29 is 29.1 Å². The lowest BCUT2D eigenvalue weighted by molar-refractivity contribution is -0.140. The molecule has 0 fully saturated rings. The first-order valence-electron chi connectivity index (χ1n) is 5.37. The van der Waals surface area contributed by atoms with Crippen molar-refractivity contribution in [3.8, 4) is 0 Å². The zero-order valence-corrected chi connectivity index (χ0v) is 9.83. The van der Waals surface area contributed by atoms with E-state index in [2.05, 4.69) is 15.8 Å². The van der Waals surface area contributed by atoms with Gasteiger partial charge in [-0.05, 0) is 6.42 Å². The van der Waals surface area contributed by atoms with E-state index in [9.17, 15) is 14.4 Å². The number of carbonyl (C=O) groups is 3. The van der Waals surface area contributed by atoms with E-state index in [1.54, 1.807) is 6.07 Å². The van der Waals surface area contributed by atoms with E-state index in [-0.39, 0.29) is 19.4 Å². The first kappa shape index (κ1) is 14.5. The lowest BCUT2D eigenvalue weighted by atomic mass is 10.1. The van der Waals surface area contributed by atoms with Crippen molar-refractivity contribution in [1.29, 1.82) is 0 Å². The summed E-state index contributed by atoms with van der Waals surface area (Å²) in [6.07, 6.45) is 0.863. The first-order valence-corrected chi connectivity index (χ1v) is 5.37. The summed E-state index contributed by atoms with van der Waals surface area (Å²) < 4.78 is 4.73. The number of rotatable bonds is 7. The van der Waals surface area contributed by atoms with Gasteiger partial charge >= 0.3 is 18.0 Å². The maximum Gasteiger partial charge on any atom is 0.326 e. The average molecular weight is 271 g/mol. The topological polar surface area (TPSA) is 142 Å². The van der Waals surface area contributed by atoms with Crippen LogP contribution in [0.15, 0.2) is 16.8 Å². The Bertz CT molecular complexity index is 444. The van der Waals surface area contributed by atoms with Crippen LogP contribution in [-0.4, -0.2) is 39.4 Å². The Kier molecular flexibility index (Phi) is 5.33. The number of aliphatic carboxylic acids is 2. The number of hydrogen-bond donors (Lipinski definition) is 4. The van der Waals surface area contributed by atoms with Crippen LogP contribution in [0, 0.1) is 0 Å². The lowest BCUT2D eigenvalue weighted by Gasteiger charge is -2.13. The second kappa shape index (κ2) is 6.99. The molecule has 9 nitrogen and oxygen atoms in total. The Morgan fingerprint density at radius 3 is 2.63 bits per heavy atom. The van der Waals surface area contributed by atoms with Gasteiger partial charge in [0.2, 0.25) is 0 Å². The van der Waals surface area contributed by atoms with Crippen molar-refractivity contribution >= 4 is 18.0 Å². The lowest BCUT2D eigenvalue weighted by Crippen LogP contribution is -2.45. The van der Waals surface area contributed by atoms with Crippen molar-refractivity contribution in [2.75, 3.05) is 0 Å². The molecule has 0 saturated heterocycles. The molecule has 19 heavy (non-hydrogen) atoms. The molecule has 0 spiro atoms. The van der Waals surface area contributed by atoms with E-state index in [1.165, 1.54) is 6.20 Å². The summed E-state index contributed by atoms with van der Waals surface area (Å²) in [4.78, 5) is 32.6. The van der Waals surface area contributed by atoms with Crippen molar-refractivity contribution in [3.63, 3.8) is 0 Å². The third kappa shape index (κ3) is 5.52. The van der Waals surface area contributed by atoms with Gasteiger partial charge in [-0.2, -0.15) is 0 Å². The zero-order chi connectivity index (χ0) is 14.3. The van der Waals surface area contributed by atoms with Crippen LogP contribution < -0.4 is 10.6 Å². The van der Waals surface area contributed by atoms with Crippen molar-refractivity contribution in [2.45, 2.75) is 25.4 Å². The van der Waals surface area contributed by atoms with Gasteiger partial charge in [0, 0.05) is 12.5 Å². The number of nitrogens with zero attached hydrogens (tertiary/aromatic N) is 1. The van der Waals surface area contributed by atoms with Crippen LogP contribution in [0.25, 0.3) is 0 Å². The van der Waals surface area contributed by atoms with Crippen LogP contribution in [-0.2, 0) is 16.1 Å². The summed E-state index contributed by atoms with van der Waals surface area (Å²) in [6.45, 7) is 0.0527. The van der Waals surface area contributed by atoms with E-state index in [0.29, 0.717) is 5.76 Å². The molecule has 1 aromatic rings.